The maximum Gasteiger partial charge on any atom is 0.338 e. The number of benzene rings is 2. The molecule has 2 N–H and O–H groups in total. The summed E-state index contributed by atoms with van der Waals surface area (Å²) in [6.07, 6.45) is -1.17. The first-order valence-electron chi connectivity index (χ1n) is 11.9. The lowest BCUT2D eigenvalue weighted by atomic mass is 10.1. The van der Waals surface area contributed by atoms with E-state index in [2.05, 4.69) is 4.98 Å². The Labute approximate surface area is 212 Å². The van der Waals surface area contributed by atoms with E-state index in [-0.39, 0.29) is 31.6 Å². The number of carbonyl (C=O) groups excluding carboxylic acids is 2. The van der Waals surface area contributed by atoms with E-state index < -0.39 is 41.6 Å². The largest absolute Gasteiger partial charge is 0.459 e. The Kier molecular flexibility index (Phi) is 8.00. The second-order valence-corrected chi connectivity index (χ2v) is 8.93. The van der Waals surface area contributed by atoms with Crippen molar-refractivity contribution < 1.29 is 28.9 Å². The number of ether oxygens (including phenoxy) is 3. The number of aliphatic hydroxyl groups is 1. The summed E-state index contributed by atoms with van der Waals surface area (Å²) >= 11 is 0. The van der Waals surface area contributed by atoms with Gasteiger partial charge in [-0.05, 0) is 38.1 Å². The second-order valence-electron chi connectivity index (χ2n) is 8.93. The predicted octanol–water partition coefficient (Wildman–Crippen LogP) is 2.06. The number of H-pyrrole nitrogens is 1. The minimum absolute atomic E-state index is 0.0474. The summed E-state index contributed by atoms with van der Waals surface area (Å²) in [7, 11) is 0. The third-order valence-electron chi connectivity index (χ3n) is 6.13. The molecule has 0 aliphatic carbocycles. The topological polar surface area (TPSA) is 137 Å². The van der Waals surface area contributed by atoms with Crippen LogP contribution in [0.3, 0.4) is 0 Å². The summed E-state index contributed by atoms with van der Waals surface area (Å²) in [5, 5.41) is 9.23. The fourth-order valence-electron chi connectivity index (χ4n) is 4.01. The van der Waals surface area contributed by atoms with Gasteiger partial charge in [-0.15, -0.1) is 0 Å². The van der Waals surface area contributed by atoms with Crippen LogP contribution in [-0.2, 0) is 20.6 Å². The number of carbonyl (C=O) groups is 2. The molecule has 10 heteroatoms. The highest BCUT2D eigenvalue weighted by atomic mass is 16.6. The van der Waals surface area contributed by atoms with Crippen molar-refractivity contribution in [2.45, 2.75) is 45.1 Å². The van der Waals surface area contributed by atoms with Gasteiger partial charge in [0.25, 0.3) is 5.56 Å². The Hall–Kier alpha value is -4.02. The number of aromatic amines is 1. The lowest BCUT2D eigenvalue weighted by molar-refractivity contribution is -0.0583. The van der Waals surface area contributed by atoms with Crippen LogP contribution in [0.1, 0.15) is 50.1 Å². The first-order valence-corrected chi connectivity index (χ1v) is 11.9. The van der Waals surface area contributed by atoms with Crippen LogP contribution in [0, 0.1) is 13.8 Å². The Bertz CT molecular complexity index is 1380. The maximum absolute atomic E-state index is 12.8. The van der Waals surface area contributed by atoms with Gasteiger partial charge in [0.1, 0.15) is 25.0 Å². The van der Waals surface area contributed by atoms with Gasteiger partial charge >= 0.3 is 17.6 Å². The second kappa shape index (κ2) is 11.4. The molecule has 1 fully saturated rings. The number of rotatable bonds is 8. The molecule has 1 aromatic heterocycles. The fraction of sp³-hybridized carbons (Fsp3) is 0.333. The van der Waals surface area contributed by atoms with Gasteiger partial charge in [-0.25, -0.2) is 14.4 Å². The van der Waals surface area contributed by atoms with Gasteiger partial charge in [-0.3, -0.25) is 14.3 Å². The standard InChI is InChI=1S/C27H28N2O8/c1-16-3-7-18(8-4-16)25(32)35-15-22-21(37-26(33)19-9-5-17(2)6-10-19)13-23(36-22)29-14-20(11-12-30)24(31)28-27(29)34/h3-10,14,21-23,30H,11-13,15H2,1-2H3,(H,28,31,34)/t21?,22-,23-/m1/s1. The van der Waals surface area contributed by atoms with Crippen LogP contribution >= 0.6 is 0 Å². The fourth-order valence-corrected chi connectivity index (χ4v) is 4.01. The van der Waals surface area contributed by atoms with Crippen molar-refractivity contribution in [3.05, 3.63) is 103 Å². The van der Waals surface area contributed by atoms with E-state index >= 15 is 0 Å². The first kappa shape index (κ1) is 26.1. The van der Waals surface area contributed by atoms with Crippen molar-refractivity contribution >= 4 is 11.9 Å². The number of hydrogen-bond donors (Lipinski definition) is 2. The van der Waals surface area contributed by atoms with E-state index in [0.29, 0.717) is 11.1 Å². The van der Waals surface area contributed by atoms with Crippen molar-refractivity contribution in [1.82, 2.24) is 9.55 Å². The van der Waals surface area contributed by atoms with Crippen molar-refractivity contribution in [3.8, 4) is 0 Å². The molecule has 0 radical (unpaired) electrons. The number of nitrogens with one attached hydrogen (secondary N) is 1. The van der Waals surface area contributed by atoms with Crippen LogP contribution < -0.4 is 11.2 Å². The van der Waals surface area contributed by atoms with Crippen LogP contribution in [-0.4, -0.2) is 52.0 Å². The number of aryl methyl sites for hydroxylation is 2. The average Bonchev–Trinajstić information content (AvgIpc) is 3.27. The number of aromatic nitrogens is 2. The van der Waals surface area contributed by atoms with E-state index in [9.17, 15) is 24.3 Å². The first-order chi connectivity index (χ1) is 17.7. The summed E-state index contributed by atoms with van der Waals surface area (Å²) in [4.78, 5) is 52.1. The van der Waals surface area contributed by atoms with E-state index in [0.717, 1.165) is 11.1 Å². The zero-order chi connectivity index (χ0) is 26.5. The summed E-state index contributed by atoms with van der Waals surface area (Å²) in [6, 6.07) is 13.7. The van der Waals surface area contributed by atoms with Crippen LogP contribution in [0.4, 0.5) is 0 Å². The highest BCUT2D eigenvalue weighted by Crippen LogP contribution is 2.31. The number of aliphatic hydroxyl groups excluding tert-OH is 1. The molecule has 194 valence electrons. The molecule has 0 amide bonds. The highest BCUT2D eigenvalue weighted by molar-refractivity contribution is 5.90. The third-order valence-corrected chi connectivity index (χ3v) is 6.13. The van der Waals surface area contributed by atoms with E-state index in [1.165, 1.54) is 10.8 Å². The summed E-state index contributed by atoms with van der Waals surface area (Å²) in [5.41, 5.74) is 1.58. The summed E-state index contributed by atoms with van der Waals surface area (Å²) < 4.78 is 18.3. The molecule has 10 nitrogen and oxygen atoms in total. The number of esters is 2. The normalized spacial score (nSPS) is 18.9. The molecule has 1 saturated heterocycles. The van der Waals surface area contributed by atoms with Crippen LogP contribution in [0.2, 0.25) is 0 Å². The molecular formula is C27H28N2O8. The average molecular weight is 509 g/mol. The smallest absolute Gasteiger partial charge is 0.338 e. The van der Waals surface area contributed by atoms with E-state index in [1.54, 1.807) is 48.5 Å². The predicted molar refractivity (Wildman–Crippen MR) is 132 cm³/mol. The van der Waals surface area contributed by atoms with E-state index in [4.69, 9.17) is 14.2 Å². The minimum Gasteiger partial charge on any atom is -0.459 e. The molecule has 37 heavy (non-hydrogen) atoms. The number of hydrogen-bond acceptors (Lipinski definition) is 8. The molecular weight excluding hydrogens is 480 g/mol. The van der Waals surface area contributed by atoms with Gasteiger partial charge in [0.05, 0.1) is 11.1 Å². The molecule has 1 unspecified atom stereocenters. The zero-order valence-electron chi connectivity index (χ0n) is 20.5. The van der Waals surface area contributed by atoms with Crippen molar-refractivity contribution in [1.29, 1.82) is 0 Å². The van der Waals surface area contributed by atoms with Crippen LogP contribution in [0.15, 0.2) is 64.3 Å². The SMILES string of the molecule is Cc1ccc(C(=O)OC[C@H]2O[C@@H](n3cc(CCO)c(=O)[nH]c3=O)CC2OC(=O)c2ccc(C)cc2)cc1. The van der Waals surface area contributed by atoms with Gasteiger partial charge in [0.15, 0.2) is 0 Å². The van der Waals surface area contributed by atoms with Gasteiger partial charge in [-0.1, -0.05) is 35.4 Å². The van der Waals surface area contributed by atoms with Crippen LogP contribution in [0.5, 0.6) is 0 Å². The van der Waals surface area contributed by atoms with Crippen LogP contribution in [0.25, 0.3) is 0 Å². The van der Waals surface area contributed by atoms with Crippen molar-refractivity contribution in [2.75, 3.05) is 13.2 Å². The maximum atomic E-state index is 12.8. The Morgan fingerprint density at radius 3 is 2.19 bits per heavy atom. The zero-order valence-corrected chi connectivity index (χ0v) is 20.5. The highest BCUT2D eigenvalue weighted by Gasteiger charge is 2.40. The summed E-state index contributed by atoms with van der Waals surface area (Å²) in [5.74, 6) is -1.15. The molecule has 2 heterocycles. The lowest BCUT2D eigenvalue weighted by Crippen LogP contribution is -2.34. The van der Waals surface area contributed by atoms with E-state index in [1.807, 2.05) is 13.8 Å². The molecule has 1 aliphatic rings. The van der Waals surface area contributed by atoms with Gasteiger partial charge < -0.3 is 19.3 Å². The quantitative estimate of drug-likeness (QED) is 0.441. The summed E-state index contributed by atoms with van der Waals surface area (Å²) in [6.45, 7) is 3.30. The molecule has 0 saturated carbocycles. The lowest BCUT2D eigenvalue weighted by Gasteiger charge is -2.19. The Morgan fingerprint density at radius 1 is 1.00 bits per heavy atom. The van der Waals surface area contributed by atoms with Crippen molar-refractivity contribution in [3.63, 3.8) is 0 Å². The Balaban J connectivity index is 1.55. The third kappa shape index (κ3) is 6.22. The molecule has 4 rings (SSSR count). The van der Waals surface area contributed by atoms with Crippen molar-refractivity contribution in [2.24, 2.45) is 0 Å². The molecule has 3 aromatic rings. The number of nitrogens with zero attached hydrogens (tertiary/aromatic N) is 1. The Morgan fingerprint density at radius 2 is 1.59 bits per heavy atom. The molecule has 1 aliphatic heterocycles. The van der Waals surface area contributed by atoms with Gasteiger partial charge in [-0.2, -0.15) is 0 Å². The van der Waals surface area contributed by atoms with Gasteiger partial charge in [0.2, 0.25) is 0 Å². The molecule has 3 atom stereocenters. The minimum atomic E-state index is -0.902. The molecule has 0 spiro atoms. The molecule has 0 bridgehead atoms. The van der Waals surface area contributed by atoms with Gasteiger partial charge in [0, 0.05) is 31.2 Å². The monoisotopic (exact) mass is 508 g/mol. The molecule has 2 aromatic carbocycles.